The number of nitrogens with two attached hydrogens (primary N) is 1. The van der Waals surface area contributed by atoms with Gasteiger partial charge in [-0.15, -0.1) is 0 Å². The number of amides is 1. The first-order valence-corrected chi connectivity index (χ1v) is 7.37. The molecule has 0 atom stereocenters. The molecule has 3 N–H and O–H groups in total. The summed E-state index contributed by atoms with van der Waals surface area (Å²) in [5.41, 5.74) is 9.87. The van der Waals surface area contributed by atoms with Crippen LogP contribution in [-0.2, 0) is 11.3 Å². The molecule has 2 aromatic carbocycles. The van der Waals surface area contributed by atoms with E-state index < -0.39 is 0 Å². The summed E-state index contributed by atoms with van der Waals surface area (Å²) in [7, 11) is 0. The Balaban J connectivity index is 2.03. The lowest BCUT2D eigenvalue weighted by atomic mass is 10.0. The third kappa shape index (κ3) is 4.25. The number of anilines is 1. The van der Waals surface area contributed by atoms with Crippen LogP contribution in [-0.4, -0.2) is 12.5 Å². The maximum Gasteiger partial charge on any atom is 0.220 e. The molecular formula is C18H22N2O2. The number of nitrogens with one attached hydrogen (secondary N) is 1. The van der Waals surface area contributed by atoms with Crippen LogP contribution in [0.2, 0.25) is 0 Å². The van der Waals surface area contributed by atoms with Crippen molar-refractivity contribution in [3.63, 3.8) is 0 Å². The Hall–Kier alpha value is -2.49. The molecule has 0 spiro atoms. The number of carbonyl (C=O) groups is 1. The molecule has 2 rings (SSSR count). The minimum absolute atomic E-state index is 0.214. The van der Waals surface area contributed by atoms with Gasteiger partial charge in [0.1, 0.15) is 5.75 Å². The fraction of sp³-hybridized carbons (Fsp3) is 0.278. The lowest BCUT2D eigenvalue weighted by molar-refractivity contribution is -0.118. The molecule has 1 amide bonds. The molecule has 0 aromatic heterocycles. The van der Waals surface area contributed by atoms with Gasteiger partial charge in [0.2, 0.25) is 5.91 Å². The molecule has 0 heterocycles. The summed E-state index contributed by atoms with van der Waals surface area (Å²) < 4.78 is 5.63. The first-order chi connectivity index (χ1) is 10.6. The highest BCUT2D eigenvalue weighted by Crippen LogP contribution is 2.25. The SMILES string of the molecule is Cc1cccc(CNc2ccccc2OCCC(N)=O)c1C. The summed E-state index contributed by atoms with van der Waals surface area (Å²) in [5.74, 6) is 0.370. The normalized spacial score (nSPS) is 10.3. The van der Waals surface area contributed by atoms with Gasteiger partial charge in [-0.2, -0.15) is 0 Å². The Bertz CT molecular complexity index is 653. The molecule has 0 bridgehead atoms. The van der Waals surface area contributed by atoms with Crippen LogP contribution in [0.15, 0.2) is 42.5 Å². The number of aryl methyl sites for hydroxylation is 1. The van der Waals surface area contributed by atoms with Crippen LogP contribution in [0.4, 0.5) is 5.69 Å². The van der Waals surface area contributed by atoms with Crippen LogP contribution in [0, 0.1) is 13.8 Å². The van der Waals surface area contributed by atoms with Crippen molar-refractivity contribution in [2.75, 3.05) is 11.9 Å². The van der Waals surface area contributed by atoms with Gasteiger partial charge < -0.3 is 15.8 Å². The fourth-order valence-corrected chi connectivity index (χ4v) is 2.19. The van der Waals surface area contributed by atoms with E-state index in [0.29, 0.717) is 0 Å². The van der Waals surface area contributed by atoms with Crippen LogP contribution in [0.3, 0.4) is 0 Å². The second-order valence-electron chi connectivity index (χ2n) is 5.27. The average Bonchev–Trinajstić information content (AvgIpc) is 2.49. The van der Waals surface area contributed by atoms with Gasteiger partial charge in [0.15, 0.2) is 0 Å². The molecule has 22 heavy (non-hydrogen) atoms. The summed E-state index contributed by atoms with van der Waals surface area (Å²) in [4.78, 5) is 10.8. The summed E-state index contributed by atoms with van der Waals surface area (Å²) >= 11 is 0. The predicted molar refractivity (Wildman–Crippen MR) is 89.0 cm³/mol. The molecule has 0 unspecified atom stereocenters. The van der Waals surface area contributed by atoms with Crippen LogP contribution in [0.5, 0.6) is 5.75 Å². The van der Waals surface area contributed by atoms with Crippen molar-refractivity contribution in [3.8, 4) is 5.75 Å². The summed E-state index contributed by atoms with van der Waals surface area (Å²) in [5, 5.41) is 3.39. The van der Waals surface area contributed by atoms with Crippen molar-refractivity contribution >= 4 is 11.6 Å². The lowest BCUT2D eigenvalue weighted by Crippen LogP contribution is -2.15. The third-order valence-corrected chi connectivity index (χ3v) is 3.68. The van der Waals surface area contributed by atoms with Crippen LogP contribution >= 0.6 is 0 Å². The van der Waals surface area contributed by atoms with E-state index in [1.54, 1.807) is 0 Å². The number of benzene rings is 2. The third-order valence-electron chi connectivity index (χ3n) is 3.68. The van der Waals surface area contributed by atoms with Gasteiger partial charge in [-0.1, -0.05) is 30.3 Å². The molecule has 0 saturated heterocycles. The van der Waals surface area contributed by atoms with Crippen LogP contribution in [0.1, 0.15) is 23.1 Å². The molecule has 0 fully saturated rings. The molecule has 4 heteroatoms. The minimum atomic E-state index is -0.360. The fourth-order valence-electron chi connectivity index (χ4n) is 2.19. The molecule has 0 aliphatic carbocycles. The van der Waals surface area contributed by atoms with Crippen molar-refractivity contribution in [3.05, 3.63) is 59.2 Å². The molecule has 4 nitrogen and oxygen atoms in total. The zero-order chi connectivity index (χ0) is 15.9. The number of para-hydroxylation sites is 2. The first kappa shape index (κ1) is 15.9. The molecule has 116 valence electrons. The maximum atomic E-state index is 10.8. The Labute approximate surface area is 131 Å². The van der Waals surface area contributed by atoms with Gasteiger partial charge >= 0.3 is 0 Å². The highest BCUT2D eigenvalue weighted by Gasteiger charge is 2.05. The standard InChI is InChI=1S/C18H22N2O2/c1-13-6-5-7-15(14(13)2)12-20-16-8-3-4-9-17(16)22-11-10-18(19)21/h3-9,20H,10-12H2,1-2H3,(H2,19,21). The van der Waals surface area contributed by atoms with Crippen molar-refractivity contribution < 1.29 is 9.53 Å². The van der Waals surface area contributed by atoms with E-state index in [4.69, 9.17) is 10.5 Å². The zero-order valence-electron chi connectivity index (χ0n) is 13.1. The highest BCUT2D eigenvalue weighted by atomic mass is 16.5. The van der Waals surface area contributed by atoms with E-state index in [9.17, 15) is 4.79 Å². The second-order valence-corrected chi connectivity index (χ2v) is 5.27. The first-order valence-electron chi connectivity index (χ1n) is 7.37. The number of rotatable bonds is 7. The molecule has 0 aliphatic rings. The van der Waals surface area contributed by atoms with E-state index in [1.165, 1.54) is 16.7 Å². The molecule has 0 saturated carbocycles. The zero-order valence-corrected chi connectivity index (χ0v) is 13.1. The van der Waals surface area contributed by atoms with Gasteiger partial charge in [-0.3, -0.25) is 4.79 Å². The van der Waals surface area contributed by atoms with Crippen molar-refractivity contribution in [2.45, 2.75) is 26.8 Å². The molecule has 2 aromatic rings. The quantitative estimate of drug-likeness (QED) is 0.825. The smallest absolute Gasteiger partial charge is 0.220 e. The highest BCUT2D eigenvalue weighted by molar-refractivity contribution is 5.73. The van der Waals surface area contributed by atoms with E-state index in [1.807, 2.05) is 24.3 Å². The van der Waals surface area contributed by atoms with Gasteiger partial charge in [-0.25, -0.2) is 0 Å². The minimum Gasteiger partial charge on any atom is -0.491 e. The van der Waals surface area contributed by atoms with Crippen LogP contribution < -0.4 is 15.8 Å². The van der Waals surface area contributed by atoms with Crippen molar-refractivity contribution in [1.82, 2.24) is 0 Å². The van der Waals surface area contributed by atoms with Gasteiger partial charge in [-0.05, 0) is 42.7 Å². The summed E-state index contributed by atoms with van der Waals surface area (Å²) in [6.45, 7) is 5.25. The topological polar surface area (TPSA) is 64.3 Å². The van der Waals surface area contributed by atoms with Crippen molar-refractivity contribution in [1.29, 1.82) is 0 Å². The Kier molecular flexibility index (Phi) is 5.42. The van der Waals surface area contributed by atoms with E-state index in [-0.39, 0.29) is 18.9 Å². The Morgan fingerprint density at radius 1 is 1.14 bits per heavy atom. The van der Waals surface area contributed by atoms with E-state index in [2.05, 4.69) is 37.4 Å². The van der Waals surface area contributed by atoms with E-state index >= 15 is 0 Å². The van der Waals surface area contributed by atoms with Crippen LogP contribution in [0.25, 0.3) is 0 Å². The Morgan fingerprint density at radius 3 is 2.68 bits per heavy atom. The number of carbonyl (C=O) groups excluding carboxylic acids is 1. The Morgan fingerprint density at radius 2 is 1.91 bits per heavy atom. The number of hydrogen-bond donors (Lipinski definition) is 2. The van der Waals surface area contributed by atoms with Crippen molar-refractivity contribution in [2.24, 2.45) is 5.73 Å². The van der Waals surface area contributed by atoms with E-state index in [0.717, 1.165) is 18.0 Å². The summed E-state index contributed by atoms with van der Waals surface area (Å²) in [6, 6.07) is 14.0. The molecule has 0 radical (unpaired) electrons. The maximum absolute atomic E-state index is 10.8. The van der Waals surface area contributed by atoms with Gasteiger partial charge in [0.05, 0.1) is 18.7 Å². The monoisotopic (exact) mass is 298 g/mol. The molecule has 0 aliphatic heterocycles. The number of primary amides is 1. The predicted octanol–water partition coefficient (Wildman–Crippen LogP) is 3.17. The second kappa shape index (κ2) is 7.50. The van der Waals surface area contributed by atoms with Gasteiger partial charge in [0.25, 0.3) is 0 Å². The number of hydrogen-bond acceptors (Lipinski definition) is 3. The molecular weight excluding hydrogens is 276 g/mol. The summed E-state index contributed by atoms with van der Waals surface area (Å²) in [6.07, 6.45) is 0.214. The largest absolute Gasteiger partial charge is 0.491 e. The lowest BCUT2D eigenvalue weighted by Gasteiger charge is -2.14. The van der Waals surface area contributed by atoms with Gasteiger partial charge in [0, 0.05) is 6.54 Å². The average molecular weight is 298 g/mol. The number of ether oxygens (including phenoxy) is 1.